The third kappa shape index (κ3) is 1.46. The van der Waals surface area contributed by atoms with Crippen LogP contribution in [0.4, 0.5) is 5.69 Å². The normalized spacial score (nSPS) is 24.6. The zero-order chi connectivity index (χ0) is 11.8. The average Bonchev–Trinajstić information content (AvgIpc) is 2.72. The number of anilines is 1. The molecule has 1 aliphatic heterocycles. The molecule has 0 saturated carbocycles. The summed E-state index contributed by atoms with van der Waals surface area (Å²) in [7, 11) is 0. The van der Waals surface area contributed by atoms with Crippen molar-refractivity contribution in [3.8, 4) is 0 Å². The van der Waals surface area contributed by atoms with Gasteiger partial charge in [0.15, 0.2) is 0 Å². The maximum Gasteiger partial charge on any atom is 0.316 e. The van der Waals surface area contributed by atoms with E-state index in [0.717, 1.165) is 5.56 Å². The Morgan fingerprint density at radius 2 is 2.31 bits per heavy atom. The molecular weight excluding hydrogens is 206 g/mol. The fourth-order valence-electron chi connectivity index (χ4n) is 2.16. The number of carboxylic acids is 1. The highest BCUT2D eigenvalue weighted by molar-refractivity contribution is 5.84. The second-order valence-corrected chi connectivity index (χ2v) is 4.23. The van der Waals surface area contributed by atoms with Crippen molar-refractivity contribution in [1.29, 1.82) is 0 Å². The van der Waals surface area contributed by atoms with Crippen molar-refractivity contribution in [1.82, 2.24) is 0 Å². The van der Waals surface area contributed by atoms with Crippen molar-refractivity contribution in [2.24, 2.45) is 0 Å². The smallest absolute Gasteiger partial charge is 0.316 e. The van der Waals surface area contributed by atoms with Crippen molar-refractivity contribution in [3.05, 3.63) is 29.3 Å². The lowest BCUT2D eigenvalue weighted by atomic mass is 9.78. The van der Waals surface area contributed by atoms with Gasteiger partial charge in [0.1, 0.15) is 5.41 Å². The highest BCUT2D eigenvalue weighted by Crippen LogP contribution is 2.37. The summed E-state index contributed by atoms with van der Waals surface area (Å²) < 4.78 is 5.23. The third-order valence-electron chi connectivity index (χ3n) is 3.27. The number of nitrogen functional groups attached to an aromatic ring is 1. The van der Waals surface area contributed by atoms with Gasteiger partial charge < -0.3 is 15.6 Å². The molecule has 4 heteroatoms. The number of hydrogen-bond donors (Lipinski definition) is 2. The monoisotopic (exact) mass is 221 g/mol. The summed E-state index contributed by atoms with van der Waals surface area (Å²) in [5, 5.41) is 9.40. The molecule has 3 N–H and O–H groups in total. The van der Waals surface area contributed by atoms with E-state index in [2.05, 4.69) is 0 Å². The van der Waals surface area contributed by atoms with Crippen LogP contribution in [-0.2, 0) is 14.9 Å². The van der Waals surface area contributed by atoms with Crippen LogP contribution in [0, 0.1) is 6.92 Å². The number of nitrogens with two attached hydrogens (primary N) is 1. The van der Waals surface area contributed by atoms with Crippen LogP contribution in [0.1, 0.15) is 17.5 Å². The minimum absolute atomic E-state index is 0.204. The first-order valence-corrected chi connectivity index (χ1v) is 5.24. The van der Waals surface area contributed by atoms with Gasteiger partial charge in [-0.25, -0.2) is 0 Å². The van der Waals surface area contributed by atoms with E-state index in [-0.39, 0.29) is 6.61 Å². The quantitative estimate of drug-likeness (QED) is 0.739. The zero-order valence-electron chi connectivity index (χ0n) is 9.19. The Bertz CT molecular complexity index is 422. The second-order valence-electron chi connectivity index (χ2n) is 4.23. The van der Waals surface area contributed by atoms with Gasteiger partial charge in [0.25, 0.3) is 0 Å². The molecule has 86 valence electrons. The van der Waals surface area contributed by atoms with Gasteiger partial charge in [-0.15, -0.1) is 0 Å². The number of para-hydroxylation sites is 1. The summed E-state index contributed by atoms with van der Waals surface area (Å²) in [6.45, 7) is 2.56. The highest BCUT2D eigenvalue weighted by Gasteiger charge is 2.45. The lowest BCUT2D eigenvalue weighted by Gasteiger charge is -2.24. The zero-order valence-corrected chi connectivity index (χ0v) is 9.19. The van der Waals surface area contributed by atoms with Gasteiger partial charge in [0, 0.05) is 12.3 Å². The molecule has 1 fully saturated rings. The van der Waals surface area contributed by atoms with Crippen LogP contribution in [0.2, 0.25) is 0 Å². The number of benzene rings is 1. The van der Waals surface area contributed by atoms with Gasteiger partial charge in [-0.05, 0) is 24.5 Å². The number of ether oxygens (including phenoxy) is 1. The van der Waals surface area contributed by atoms with E-state index in [9.17, 15) is 9.90 Å². The second kappa shape index (κ2) is 3.79. The molecule has 0 amide bonds. The fraction of sp³-hybridized carbons (Fsp3) is 0.417. The Morgan fingerprint density at radius 1 is 1.56 bits per heavy atom. The summed E-state index contributed by atoms with van der Waals surface area (Å²) in [6.07, 6.45) is 0.482. The number of aliphatic carboxylic acids is 1. The van der Waals surface area contributed by atoms with Gasteiger partial charge in [-0.3, -0.25) is 4.79 Å². The molecule has 0 aromatic heterocycles. The first-order valence-electron chi connectivity index (χ1n) is 5.24. The first-order chi connectivity index (χ1) is 7.58. The molecule has 1 saturated heterocycles. The van der Waals surface area contributed by atoms with E-state index in [4.69, 9.17) is 10.5 Å². The minimum atomic E-state index is -0.962. The van der Waals surface area contributed by atoms with Gasteiger partial charge in [0.2, 0.25) is 0 Å². The van der Waals surface area contributed by atoms with E-state index in [0.29, 0.717) is 24.3 Å². The van der Waals surface area contributed by atoms with Gasteiger partial charge in [-0.1, -0.05) is 18.2 Å². The minimum Gasteiger partial charge on any atom is -0.481 e. The SMILES string of the molecule is Cc1cccc(C2(C(=O)O)CCOC2)c1N. The van der Waals surface area contributed by atoms with Crippen molar-refractivity contribution in [3.63, 3.8) is 0 Å². The Balaban J connectivity index is 2.56. The Kier molecular flexibility index (Phi) is 2.59. The summed E-state index contributed by atoms with van der Waals surface area (Å²) >= 11 is 0. The molecule has 1 aliphatic rings. The number of carbonyl (C=O) groups is 1. The molecule has 4 nitrogen and oxygen atoms in total. The molecule has 0 radical (unpaired) electrons. The molecule has 16 heavy (non-hydrogen) atoms. The third-order valence-corrected chi connectivity index (χ3v) is 3.27. The van der Waals surface area contributed by atoms with E-state index in [1.807, 2.05) is 19.1 Å². The molecule has 1 aromatic carbocycles. The van der Waals surface area contributed by atoms with Crippen LogP contribution >= 0.6 is 0 Å². The summed E-state index contributed by atoms with van der Waals surface area (Å²) in [5.74, 6) is -0.859. The van der Waals surface area contributed by atoms with Gasteiger partial charge >= 0.3 is 5.97 Å². The van der Waals surface area contributed by atoms with Gasteiger partial charge in [-0.2, -0.15) is 0 Å². The number of aryl methyl sites for hydroxylation is 1. The predicted molar refractivity (Wildman–Crippen MR) is 60.3 cm³/mol. The van der Waals surface area contributed by atoms with Crippen LogP contribution in [0.5, 0.6) is 0 Å². The molecule has 1 unspecified atom stereocenters. The molecule has 1 atom stereocenters. The van der Waals surface area contributed by atoms with E-state index in [1.165, 1.54) is 0 Å². The highest BCUT2D eigenvalue weighted by atomic mass is 16.5. The van der Waals surface area contributed by atoms with E-state index >= 15 is 0 Å². The largest absolute Gasteiger partial charge is 0.481 e. The lowest BCUT2D eigenvalue weighted by Crippen LogP contribution is -2.37. The van der Waals surface area contributed by atoms with Gasteiger partial charge in [0.05, 0.1) is 6.61 Å². The van der Waals surface area contributed by atoms with E-state index < -0.39 is 11.4 Å². The molecule has 0 bridgehead atoms. The Labute approximate surface area is 94.0 Å². The maximum atomic E-state index is 11.5. The predicted octanol–water partition coefficient (Wildman–Crippen LogP) is 1.32. The molecule has 1 aromatic rings. The van der Waals surface area contributed by atoms with Crippen molar-refractivity contribution < 1.29 is 14.6 Å². The van der Waals surface area contributed by atoms with Crippen LogP contribution in [0.3, 0.4) is 0 Å². The maximum absolute atomic E-state index is 11.5. The van der Waals surface area contributed by atoms with Crippen LogP contribution in [-0.4, -0.2) is 24.3 Å². The topological polar surface area (TPSA) is 72.5 Å². The van der Waals surface area contributed by atoms with Crippen molar-refractivity contribution >= 4 is 11.7 Å². The number of rotatable bonds is 2. The Morgan fingerprint density at radius 3 is 2.88 bits per heavy atom. The summed E-state index contributed by atoms with van der Waals surface area (Å²) in [4.78, 5) is 11.5. The summed E-state index contributed by atoms with van der Waals surface area (Å²) in [6, 6.07) is 5.50. The molecular formula is C12H15NO3. The van der Waals surface area contributed by atoms with Crippen molar-refractivity contribution in [2.45, 2.75) is 18.8 Å². The van der Waals surface area contributed by atoms with E-state index in [1.54, 1.807) is 6.07 Å². The fourth-order valence-corrected chi connectivity index (χ4v) is 2.16. The molecule has 1 heterocycles. The Hall–Kier alpha value is -1.55. The first kappa shape index (κ1) is 11.0. The molecule has 0 spiro atoms. The van der Waals surface area contributed by atoms with Crippen LogP contribution in [0.15, 0.2) is 18.2 Å². The average molecular weight is 221 g/mol. The summed E-state index contributed by atoms with van der Waals surface area (Å²) in [5.41, 5.74) is 7.16. The van der Waals surface area contributed by atoms with Crippen molar-refractivity contribution in [2.75, 3.05) is 18.9 Å². The van der Waals surface area contributed by atoms with Crippen LogP contribution in [0.25, 0.3) is 0 Å². The number of hydrogen-bond acceptors (Lipinski definition) is 3. The standard InChI is InChI=1S/C12H15NO3/c1-8-3-2-4-9(10(8)13)12(11(14)15)5-6-16-7-12/h2-4H,5-7,13H2,1H3,(H,14,15). The molecule has 0 aliphatic carbocycles. The number of carboxylic acid groups (broad SMARTS) is 1. The van der Waals surface area contributed by atoms with Crippen LogP contribution < -0.4 is 5.73 Å². The lowest BCUT2D eigenvalue weighted by molar-refractivity contribution is -0.143. The molecule has 2 rings (SSSR count).